The van der Waals surface area contributed by atoms with E-state index in [1.165, 1.54) is 0 Å². The second kappa shape index (κ2) is 10.8. The van der Waals surface area contributed by atoms with Crippen LogP contribution in [0.2, 0.25) is 5.02 Å². The summed E-state index contributed by atoms with van der Waals surface area (Å²) in [6.07, 6.45) is 2.38. The SMILES string of the molecule is CS(=O)(=O)N[C@H]1CC[C@](Cc2ccc(Cl)c(-c3cc(F)cc(F)c3OCc3ccccc3)c2)(C(N)=O)C1. The van der Waals surface area contributed by atoms with Gasteiger partial charge < -0.3 is 10.5 Å². The van der Waals surface area contributed by atoms with Crippen molar-refractivity contribution in [2.24, 2.45) is 11.1 Å². The quantitative estimate of drug-likeness (QED) is 0.394. The van der Waals surface area contributed by atoms with Crippen molar-refractivity contribution in [1.82, 2.24) is 4.72 Å². The molecule has 0 aromatic heterocycles. The van der Waals surface area contributed by atoms with Gasteiger partial charge in [0.15, 0.2) is 11.6 Å². The van der Waals surface area contributed by atoms with Gasteiger partial charge >= 0.3 is 0 Å². The Kier molecular flexibility index (Phi) is 7.87. The third-order valence-corrected chi connectivity index (χ3v) is 7.70. The summed E-state index contributed by atoms with van der Waals surface area (Å²) in [7, 11) is -3.45. The summed E-state index contributed by atoms with van der Waals surface area (Å²) >= 11 is 6.47. The normalized spacial score (nSPS) is 19.6. The van der Waals surface area contributed by atoms with Crippen molar-refractivity contribution in [3.05, 3.63) is 88.4 Å². The topological polar surface area (TPSA) is 98.5 Å². The molecule has 1 aliphatic carbocycles. The Morgan fingerprint density at radius 3 is 2.51 bits per heavy atom. The van der Waals surface area contributed by atoms with Crippen molar-refractivity contribution in [2.75, 3.05) is 6.26 Å². The van der Waals surface area contributed by atoms with Crippen LogP contribution >= 0.6 is 11.6 Å². The Morgan fingerprint density at radius 2 is 1.84 bits per heavy atom. The standard InChI is InChI=1S/C27H27ClF2N2O4S/c1-37(34,35)32-20-9-10-27(15-20,26(31)33)14-18-7-8-23(28)21(11-18)22-12-19(29)13-24(30)25(22)36-16-17-5-3-2-4-6-17/h2-8,11-13,20,32H,9-10,14-16H2,1H3,(H2,31,33)/t20-,27+/m0/s1. The monoisotopic (exact) mass is 548 g/mol. The molecule has 0 radical (unpaired) electrons. The van der Waals surface area contributed by atoms with Crippen LogP contribution in [-0.2, 0) is 27.8 Å². The molecule has 1 amide bonds. The average molecular weight is 549 g/mol. The smallest absolute Gasteiger partial charge is 0.224 e. The summed E-state index contributed by atoms with van der Waals surface area (Å²) in [5.41, 5.74) is 6.75. The predicted molar refractivity (Wildman–Crippen MR) is 139 cm³/mol. The number of hydrogen-bond acceptors (Lipinski definition) is 4. The van der Waals surface area contributed by atoms with Gasteiger partial charge in [0.1, 0.15) is 12.4 Å². The minimum atomic E-state index is -3.45. The Labute approximate surface area is 219 Å². The third-order valence-electron chi connectivity index (χ3n) is 6.61. The number of amides is 1. The zero-order valence-corrected chi connectivity index (χ0v) is 21.7. The van der Waals surface area contributed by atoms with Gasteiger partial charge in [0.2, 0.25) is 15.9 Å². The number of nitrogens with two attached hydrogens (primary N) is 1. The maximum Gasteiger partial charge on any atom is 0.224 e. The molecular weight excluding hydrogens is 522 g/mol. The first-order valence-electron chi connectivity index (χ1n) is 11.7. The molecule has 3 aromatic rings. The molecule has 0 bridgehead atoms. The van der Waals surface area contributed by atoms with Crippen LogP contribution in [0.25, 0.3) is 11.1 Å². The molecule has 6 nitrogen and oxygen atoms in total. The van der Waals surface area contributed by atoms with Gasteiger partial charge in [-0.25, -0.2) is 21.9 Å². The van der Waals surface area contributed by atoms with Crippen LogP contribution in [0.4, 0.5) is 8.78 Å². The van der Waals surface area contributed by atoms with Gasteiger partial charge in [-0.15, -0.1) is 0 Å². The van der Waals surface area contributed by atoms with E-state index in [1.54, 1.807) is 18.2 Å². The third kappa shape index (κ3) is 6.47. The van der Waals surface area contributed by atoms with E-state index >= 15 is 0 Å². The summed E-state index contributed by atoms with van der Waals surface area (Å²) in [6.45, 7) is 0.0627. The second-order valence-corrected chi connectivity index (χ2v) is 11.7. The number of rotatable bonds is 9. The van der Waals surface area contributed by atoms with Crippen molar-refractivity contribution in [1.29, 1.82) is 0 Å². The van der Waals surface area contributed by atoms with E-state index in [1.807, 2.05) is 30.3 Å². The highest BCUT2D eigenvalue weighted by Crippen LogP contribution is 2.43. The van der Waals surface area contributed by atoms with Crippen LogP contribution in [0.1, 0.15) is 30.4 Å². The number of halogens is 3. The van der Waals surface area contributed by atoms with Crippen molar-refractivity contribution in [3.63, 3.8) is 0 Å². The fourth-order valence-electron chi connectivity index (χ4n) is 4.92. The fraction of sp³-hybridized carbons (Fsp3) is 0.296. The highest BCUT2D eigenvalue weighted by atomic mass is 35.5. The van der Waals surface area contributed by atoms with E-state index < -0.39 is 39.0 Å². The first-order chi connectivity index (χ1) is 17.5. The molecule has 0 heterocycles. The largest absolute Gasteiger partial charge is 0.485 e. The molecule has 2 atom stereocenters. The average Bonchev–Trinajstić information content (AvgIpc) is 3.22. The molecule has 37 heavy (non-hydrogen) atoms. The lowest BCUT2D eigenvalue weighted by Crippen LogP contribution is -2.40. The highest BCUT2D eigenvalue weighted by Gasteiger charge is 2.44. The lowest BCUT2D eigenvalue weighted by Gasteiger charge is -2.26. The highest BCUT2D eigenvalue weighted by molar-refractivity contribution is 7.88. The van der Waals surface area contributed by atoms with Crippen LogP contribution in [0, 0.1) is 17.0 Å². The summed E-state index contributed by atoms with van der Waals surface area (Å²) in [4.78, 5) is 12.5. The maximum atomic E-state index is 14.9. The zero-order chi connectivity index (χ0) is 26.8. The molecule has 3 N–H and O–H groups in total. The number of carbonyl (C=O) groups excluding carboxylic acids is 1. The fourth-order valence-corrected chi connectivity index (χ4v) is 5.94. The lowest BCUT2D eigenvalue weighted by atomic mass is 9.78. The second-order valence-electron chi connectivity index (χ2n) is 9.50. The maximum absolute atomic E-state index is 14.9. The van der Waals surface area contributed by atoms with Gasteiger partial charge in [-0.2, -0.15) is 0 Å². The van der Waals surface area contributed by atoms with E-state index in [9.17, 15) is 22.0 Å². The molecule has 1 saturated carbocycles. The van der Waals surface area contributed by atoms with E-state index in [0.717, 1.165) is 24.0 Å². The minimum Gasteiger partial charge on any atom is -0.485 e. The van der Waals surface area contributed by atoms with Crippen molar-refractivity contribution in [2.45, 2.75) is 38.3 Å². The molecule has 1 fully saturated rings. The lowest BCUT2D eigenvalue weighted by molar-refractivity contribution is -0.127. The predicted octanol–water partition coefficient (Wildman–Crippen LogP) is 4.98. The first kappa shape index (κ1) is 27.0. The van der Waals surface area contributed by atoms with Crippen LogP contribution in [0.15, 0.2) is 60.7 Å². The number of hydrogen-bond donors (Lipinski definition) is 2. The Morgan fingerprint density at radius 1 is 1.11 bits per heavy atom. The number of carbonyl (C=O) groups is 1. The van der Waals surface area contributed by atoms with Crippen LogP contribution in [0.5, 0.6) is 5.75 Å². The van der Waals surface area contributed by atoms with Gasteiger partial charge in [0.25, 0.3) is 0 Å². The number of ether oxygens (including phenoxy) is 1. The van der Waals surface area contributed by atoms with Gasteiger partial charge in [0.05, 0.1) is 11.7 Å². The van der Waals surface area contributed by atoms with E-state index in [4.69, 9.17) is 22.1 Å². The zero-order valence-electron chi connectivity index (χ0n) is 20.1. The van der Waals surface area contributed by atoms with Crippen LogP contribution in [0.3, 0.4) is 0 Å². The van der Waals surface area contributed by atoms with E-state index in [-0.39, 0.29) is 35.8 Å². The molecule has 0 saturated heterocycles. The van der Waals surface area contributed by atoms with Gasteiger partial charge in [-0.05, 0) is 55.0 Å². The Hall–Kier alpha value is -3.01. The van der Waals surface area contributed by atoms with E-state index in [2.05, 4.69) is 4.72 Å². The molecule has 4 rings (SSSR count). The number of primary amides is 1. The van der Waals surface area contributed by atoms with Crippen LogP contribution in [-0.4, -0.2) is 26.6 Å². The molecular formula is C27H27ClF2N2O4S. The Balaban J connectivity index is 1.67. The summed E-state index contributed by atoms with van der Waals surface area (Å²) in [5, 5.41) is 0.245. The summed E-state index contributed by atoms with van der Waals surface area (Å²) < 4.78 is 60.9. The molecule has 1 aliphatic rings. The van der Waals surface area contributed by atoms with Crippen molar-refractivity contribution in [3.8, 4) is 16.9 Å². The molecule has 0 spiro atoms. The number of sulfonamides is 1. The van der Waals surface area contributed by atoms with Gasteiger partial charge in [-0.3, -0.25) is 4.79 Å². The first-order valence-corrected chi connectivity index (χ1v) is 13.9. The number of nitrogens with one attached hydrogen (secondary N) is 1. The van der Waals surface area contributed by atoms with Crippen molar-refractivity contribution >= 4 is 27.5 Å². The summed E-state index contributed by atoms with van der Waals surface area (Å²) in [5.74, 6) is -2.34. The van der Waals surface area contributed by atoms with Crippen molar-refractivity contribution < 1.29 is 26.7 Å². The van der Waals surface area contributed by atoms with Crippen LogP contribution < -0.4 is 15.2 Å². The summed E-state index contributed by atoms with van der Waals surface area (Å²) in [6, 6.07) is 15.6. The van der Waals surface area contributed by atoms with Gasteiger partial charge in [0, 0.05) is 28.3 Å². The molecule has 0 unspecified atom stereocenters. The minimum absolute atomic E-state index is 0.0627. The van der Waals surface area contributed by atoms with E-state index in [0.29, 0.717) is 24.0 Å². The van der Waals surface area contributed by atoms with Gasteiger partial charge in [-0.1, -0.05) is 48.0 Å². The Bertz CT molecular complexity index is 1420. The number of benzene rings is 3. The molecule has 10 heteroatoms. The molecule has 3 aromatic carbocycles. The molecule has 196 valence electrons. The molecule has 0 aliphatic heterocycles.